The lowest BCUT2D eigenvalue weighted by Gasteiger charge is -2.38. The van der Waals surface area contributed by atoms with Gasteiger partial charge in [-0.1, -0.05) is 62.7 Å². The molecule has 1 heterocycles. The Hall–Kier alpha value is -2.92. The van der Waals surface area contributed by atoms with Gasteiger partial charge in [-0.15, -0.1) is 0 Å². The molecule has 2 aromatic carbocycles. The van der Waals surface area contributed by atoms with Gasteiger partial charge in [-0.05, 0) is 55.4 Å². The SMILES string of the molecule is CCCOc1ccccc1[C@@H]1C(C(=O)OCC(C)C)=C(C)N=C2C[C@@H](c3ccc(Cl)cc3)CC(=O)C21. The van der Waals surface area contributed by atoms with Crippen LogP contribution < -0.4 is 4.74 Å². The molecule has 0 radical (unpaired) electrons. The molecule has 0 bridgehead atoms. The molecule has 1 fully saturated rings. The van der Waals surface area contributed by atoms with Gasteiger partial charge in [0.25, 0.3) is 0 Å². The van der Waals surface area contributed by atoms with E-state index in [-0.39, 0.29) is 17.6 Å². The monoisotopic (exact) mass is 507 g/mol. The van der Waals surface area contributed by atoms with E-state index in [0.29, 0.717) is 48.1 Å². The summed E-state index contributed by atoms with van der Waals surface area (Å²) < 4.78 is 11.8. The second-order valence-electron chi connectivity index (χ2n) is 10.1. The number of allylic oxidation sites excluding steroid dienone is 1. The molecule has 190 valence electrons. The summed E-state index contributed by atoms with van der Waals surface area (Å²) in [5.41, 5.74) is 3.78. The minimum absolute atomic E-state index is 0.0271. The van der Waals surface area contributed by atoms with Crippen LogP contribution in [-0.4, -0.2) is 30.7 Å². The molecule has 3 atom stereocenters. The molecule has 0 amide bonds. The summed E-state index contributed by atoms with van der Waals surface area (Å²) in [7, 11) is 0. The number of para-hydroxylation sites is 1. The van der Waals surface area contributed by atoms with E-state index < -0.39 is 17.8 Å². The molecule has 1 aliphatic carbocycles. The quantitative estimate of drug-likeness (QED) is 0.364. The molecule has 2 aromatic rings. The lowest BCUT2D eigenvalue weighted by atomic mass is 9.66. The first-order valence-corrected chi connectivity index (χ1v) is 13.1. The van der Waals surface area contributed by atoms with E-state index in [4.69, 9.17) is 26.1 Å². The van der Waals surface area contributed by atoms with Gasteiger partial charge in [-0.25, -0.2) is 4.79 Å². The zero-order chi connectivity index (χ0) is 25.8. The molecule has 1 aliphatic heterocycles. The molecule has 0 saturated heterocycles. The second-order valence-corrected chi connectivity index (χ2v) is 10.5. The maximum Gasteiger partial charge on any atom is 0.336 e. The highest BCUT2D eigenvalue weighted by Gasteiger charge is 2.47. The van der Waals surface area contributed by atoms with E-state index in [1.165, 1.54) is 0 Å². The van der Waals surface area contributed by atoms with E-state index in [1.54, 1.807) is 0 Å². The molecular weight excluding hydrogens is 474 g/mol. The minimum Gasteiger partial charge on any atom is -0.493 e. The van der Waals surface area contributed by atoms with Crippen molar-refractivity contribution in [3.63, 3.8) is 0 Å². The smallest absolute Gasteiger partial charge is 0.336 e. The molecule has 1 saturated carbocycles. The molecule has 0 aromatic heterocycles. The predicted molar refractivity (Wildman–Crippen MR) is 143 cm³/mol. The number of nitrogens with zero attached hydrogens (tertiary/aromatic N) is 1. The Balaban J connectivity index is 1.78. The van der Waals surface area contributed by atoms with Crippen LogP contribution in [0.15, 0.2) is 64.8 Å². The number of ether oxygens (including phenoxy) is 2. The lowest BCUT2D eigenvalue weighted by molar-refractivity contribution is -0.140. The van der Waals surface area contributed by atoms with Crippen molar-refractivity contribution >= 4 is 29.1 Å². The van der Waals surface area contributed by atoms with Crippen molar-refractivity contribution in [3.05, 3.63) is 76.0 Å². The number of carbonyl (C=O) groups excluding carboxylic acids is 2. The van der Waals surface area contributed by atoms with Crippen LogP contribution in [0.5, 0.6) is 5.75 Å². The Morgan fingerprint density at radius 1 is 1.08 bits per heavy atom. The topological polar surface area (TPSA) is 65.0 Å². The fraction of sp³-hybridized carbons (Fsp3) is 0.433. The largest absolute Gasteiger partial charge is 0.493 e. The van der Waals surface area contributed by atoms with Crippen molar-refractivity contribution < 1.29 is 19.1 Å². The summed E-state index contributed by atoms with van der Waals surface area (Å²) in [5, 5.41) is 0.667. The molecule has 0 N–H and O–H groups in total. The van der Waals surface area contributed by atoms with Crippen LogP contribution in [0.1, 0.15) is 69.9 Å². The van der Waals surface area contributed by atoms with Crippen LogP contribution in [0, 0.1) is 11.8 Å². The molecule has 2 aliphatic rings. The Labute approximate surface area is 218 Å². The van der Waals surface area contributed by atoms with E-state index in [2.05, 4.69) is 0 Å². The van der Waals surface area contributed by atoms with Gasteiger partial charge >= 0.3 is 5.97 Å². The van der Waals surface area contributed by atoms with E-state index in [0.717, 1.165) is 23.3 Å². The third-order valence-electron chi connectivity index (χ3n) is 6.78. The van der Waals surface area contributed by atoms with Crippen LogP contribution >= 0.6 is 11.6 Å². The second kappa shape index (κ2) is 11.4. The fourth-order valence-electron chi connectivity index (χ4n) is 5.15. The van der Waals surface area contributed by atoms with Gasteiger partial charge < -0.3 is 9.47 Å². The Kier molecular flexibility index (Phi) is 8.30. The molecule has 36 heavy (non-hydrogen) atoms. The number of aliphatic imine (C=N–C) groups is 1. The van der Waals surface area contributed by atoms with Crippen LogP contribution in [0.2, 0.25) is 5.02 Å². The number of Topliss-reactive ketones (excluding diaryl/α,β-unsaturated/α-hetero) is 1. The molecule has 0 spiro atoms. The van der Waals surface area contributed by atoms with Gasteiger partial charge in [-0.3, -0.25) is 9.79 Å². The highest BCUT2D eigenvalue weighted by atomic mass is 35.5. The third-order valence-corrected chi connectivity index (χ3v) is 7.03. The molecule has 5 nitrogen and oxygen atoms in total. The van der Waals surface area contributed by atoms with Gasteiger partial charge in [-0.2, -0.15) is 0 Å². The summed E-state index contributed by atoms with van der Waals surface area (Å²) >= 11 is 6.09. The average molecular weight is 508 g/mol. The van der Waals surface area contributed by atoms with Gasteiger partial charge in [0.15, 0.2) is 0 Å². The molecule has 1 unspecified atom stereocenters. The van der Waals surface area contributed by atoms with Gasteiger partial charge in [0.2, 0.25) is 0 Å². The van der Waals surface area contributed by atoms with Crippen LogP contribution in [-0.2, 0) is 14.3 Å². The number of carbonyl (C=O) groups is 2. The summed E-state index contributed by atoms with van der Waals surface area (Å²) in [6.45, 7) is 8.75. The number of rotatable bonds is 8. The van der Waals surface area contributed by atoms with Crippen LogP contribution in [0.4, 0.5) is 0 Å². The number of hydrogen-bond donors (Lipinski definition) is 0. The fourth-order valence-corrected chi connectivity index (χ4v) is 5.28. The van der Waals surface area contributed by atoms with Crippen molar-refractivity contribution in [2.45, 2.75) is 58.8 Å². The van der Waals surface area contributed by atoms with Crippen molar-refractivity contribution in [1.29, 1.82) is 0 Å². The summed E-state index contributed by atoms with van der Waals surface area (Å²) in [6.07, 6.45) is 1.89. The van der Waals surface area contributed by atoms with E-state index >= 15 is 0 Å². The zero-order valence-electron chi connectivity index (χ0n) is 21.4. The molecule has 4 rings (SSSR count). The van der Waals surface area contributed by atoms with Crippen molar-refractivity contribution in [2.24, 2.45) is 16.8 Å². The first-order valence-electron chi connectivity index (χ1n) is 12.7. The first kappa shape index (κ1) is 26.2. The number of esters is 1. The Morgan fingerprint density at radius 3 is 2.50 bits per heavy atom. The zero-order valence-corrected chi connectivity index (χ0v) is 22.2. The molecular formula is C30H34ClNO4. The standard InChI is InChI=1S/C30H34ClNO4/c1-5-14-35-26-9-7-6-8-23(26)28-27(30(34)36-17-18(2)3)19(4)32-24-15-21(16-25(33)29(24)28)20-10-12-22(31)13-11-20/h6-13,18,21,28-29H,5,14-17H2,1-4H3/t21-,28-,29?/m1/s1. The summed E-state index contributed by atoms with van der Waals surface area (Å²) in [5.74, 6) is -0.426. The number of ketones is 1. The maximum absolute atomic E-state index is 13.8. The van der Waals surface area contributed by atoms with Crippen molar-refractivity contribution in [2.75, 3.05) is 13.2 Å². The summed E-state index contributed by atoms with van der Waals surface area (Å²) in [4.78, 5) is 32.1. The first-order chi connectivity index (χ1) is 17.3. The highest BCUT2D eigenvalue weighted by Crippen LogP contribution is 2.48. The predicted octanol–water partition coefficient (Wildman–Crippen LogP) is 6.90. The number of benzene rings is 2. The van der Waals surface area contributed by atoms with Crippen molar-refractivity contribution in [1.82, 2.24) is 0 Å². The van der Waals surface area contributed by atoms with Crippen molar-refractivity contribution in [3.8, 4) is 5.75 Å². The summed E-state index contributed by atoms with van der Waals surface area (Å²) in [6, 6.07) is 15.4. The lowest BCUT2D eigenvalue weighted by Crippen LogP contribution is -2.41. The highest BCUT2D eigenvalue weighted by molar-refractivity contribution is 6.30. The molecule has 6 heteroatoms. The number of fused-ring (bicyclic) bond motifs is 1. The van der Waals surface area contributed by atoms with Crippen LogP contribution in [0.25, 0.3) is 0 Å². The van der Waals surface area contributed by atoms with Crippen LogP contribution in [0.3, 0.4) is 0 Å². The average Bonchev–Trinajstić information content (AvgIpc) is 2.85. The normalized spacial score (nSPS) is 21.8. The Bertz CT molecular complexity index is 1180. The number of halogens is 1. The Morgan fingerprint density at radius 2 is 1.81 bits per heavy atom. The number of hydrogen-bond acceptors (Lipinski definition) is 5. The minimum atomic E-state index is -0.523. The van der Waals surface area contributed by atoms with E-state index in [1.807, 2.05) is 76.2 Å². The van der Waals surface area contributed by atoms with Gasteiger partial charge in [0.1, 0.15) is 11.5 Å². The maximum atomic E-state index is 13.8. The van der Waals surface area contributed by atoms with Gasteiger partial charge in [0, 0.05) is 34.3 Å². The third kappa shape index (κ3) is 5.57. The van der Waals surface area contributed by atoms with Gasteiger partial charge in [0.05, 0.1) is 24.7 Å². The van der Waals surface area contributed by atoms with E-state index in [9.17, 15) is 9.59 Å².